The molecule has 2 aromatic rings. The zero-order chi connectivity index (χ0) is 18.4. The minimum absolute atomic E-state index is 0.0171. The summed E-state index contributed by atoms with van der Waals surface area (Å²) in [6.07, 6.45) is 0. The second-order valence-electron chi connectivity index (χ2n) is 7.13. The number of hydrogen-bond donors (Lipinski definition) is 1. The molecular formula is C21H27NO3. The molecule has 4 nitrogen and oxygen atoms in total. The SMILES string of the molecule is COc1ccc(OCC(=O)N[C@H](C)c2ccc(C(C)(C)C)cc2)cc1. The summed E-state index contributed by atoms with van der Waals surface area (Å²) in [5, 5.41) is 2.96. The van der Waals surface area contributed by atoms with Gasteiger partial charge in [0.1, 0.15) is 11.5 Å². The molecule has 4 heteroatoms. The van der Waals surface area contributed by atoms with Crippen molar-refractivity contribution in [3.8, 4) is 11.5 Å². The van der Waals surface area contributed by atoms with Gasteiger partial charge in [0.15, 0.2) is 6.61 Å². The summed E-state index contributed by atoms with van der Waals surface area (Å²) < 4.78 is 10.6. The van der Waals surface area contributed by atoms with Crippen LogP contribution >= 0.6 is 0 Å². The standard InChI is InChI=1S/C21H27NO3/c1-15(16-6-8-17(9-7-16)21(2,3)4)22-20(23)14-25-19-12-10-18(24-5)11-13-19/h6-13,15H,14H2,1-5H3,(H,22,23)/t15-/m1/s1. The second kappa shape index (κ2) is 8.06. The molecule has 0 fully saturated rings. The summed E-state index contributed by atoms with van der Waals surface area (Å²) in [5.74, 6) is 1.24. The first-order valence-electron chi connectivity index (χ1n) is 8.46. The first kappa shape index (κ1) is 18.8. The Balaban J connectivity index is 1.86. The molecule has 25 heavy (non-hydrogen) atoms. The van der Waals surface area contributed by atoms with Gasteiger partial charge in [0.25, 0.3) is 5.91 Å². The van der Waals surface area contributed by atoms with E-state index in [2.05, 4.69) is 50.4 Å². The van der Waals surface area contributed by atoms with Gasteiger partial charge >= 0.3 is 0 Å². The highest BCUT2D eigenvalue weighted by Gasteiger charge is 2.15. The fraction of sp³-hybridized carbons (Fsp3) is 0.381. The largest absolute Gasteiger partial charge is 0.497 e. The third-order valence-electron chi connectivity index (χ3n) is 4.08. The van der Waals surface area contributed by atoms with E-state index in [0.717, 1.165) is 11.3 Å². The quantitative estimate of drug-likeness (QED) is 0.854. The van der Waals surface area contributed by atoms with Gasteiger partial charge < -0.3 is 14.8 Å². The Morgan fingerprint density at radius 2 is 1.56 bits per heavy atom. The van der Waals surface area contributed by atoms with E-state index in [1.54, 1.807) is 31.4 Å². The van der Waals surface area contributed by atoms with Crippen molar-refractivity contribution in [1.82, 2.24) is 5.32 Å². The maximum atomic E-state index is 12.1. The van der Waals surface area contributed by atoms with Crippen molar-refractivity contribution in [3.05, 3.63) is 59.7 Å². The Bertz CT molecular complexity index is 685. The van der Waals surface area contributed by atoms with Crippen molar-refractivity contribution in [2.24, 2.45) is 0 Å². The zero-order valence-corrected chi connectivity index (χ0v) is 15.6. The molecule has 0 saturated carbocycles. The summed E-state index contributed by atoms with van der Waals surface area (Å²) >= 11 is 0. The van der Waals surface area contributed by atoms with Gasteiger partial charge in [-0.05, 0) is 47.7 Å². The van der Waals surface area contributed by atoms with Gasteiger partial charge in [0.05, 0.1) is 13.2 Å². The number of nitrogens with one attached hydrogen (secondary N) is 1. The van der Waals surface area contributed by atoms with Crippen LogP contribution < -0.4 is 14.8 Å². The normalized spacial score (nSPS) is 12.4. The van der Waals surface area contributed by atoms with Gasteiger partial charge in [0.2, 0.25) is 0 Å². The molecular weight excluding hydrogens is 314 g/mol. The van der Waals surface area contributed by atoms with Crippen LogP contribution in [-0.2, 0) is 10.2 Å². The minimum atomic E-state index is -0.150. The van der Waals surface area contributed by atoms with Crippen molar-refractivity contribution < 1.29 is 14.3 Å². The topological polar surface area (TPSA) is 47.6 Å². The van der Waals surface area contributed by atoms with Crippen LogP contribution in [0.4, 0.5) is 0 Å². The smallest absolute Gasteiger partial charge is 0.258 e. The third-order valence-corrected chi connectivity index (χ3v) is 4.08. The van der Waals surface area contributed by atoms with Crippen LogP contribution in [0, 0.1) is 0 Å². The molecule has 1 amide bonds. The number of carbonyl (C=O) groups is 1. The van der Waals surface area contributed by atoms with E-state index in [4.69, 9.17) is 9.47 Å². The van der Waals surface area contributed by atoms with E-state index >= 15 is 0 Å². The number of hydrogen-bond acceptors (Lipinski definition) is 3. The number of ether oxygens (including phenoxy) is 2. The van der Waals surface area contributed by atoms with Crippen LogP contribution in [0.2, 0.25) is 0 Å². The highest BCUT2D eigenvalue weighted by molar-refractivity contribution is 5.78. The molecule has 0 spiro atoms. The van der Waals surface area contributed by atoms with E-state index in [1.165, 1.54) is 5.56 Å². The summed E-state index contributed by atoms with van der Waals surface area (Å²) in [7, 11) is 1.61. The molecule has 0 saturated heterocycles. The van der Waals surface area contributed by atoms with Crippen molar-refractivity contribution in [3.63, 3.8) is 0 Å². The predicted octanol–water partition coefficient (Wildman–Crippen LogP) is 4.25. The average molecular weight is 341 g/mol. The summed E-state index contributed by atoms with van der Waals surface area (Å²) in [4.78, 5) is 12.1. The van der Waals surface area contributed by atoms with Crippen LogP contribution in [0.15, 0.2) is 48.5 Å². The third kappa shape index (κ3) is 5.52. The maximum absolute atomic E-state index is 12.1. The zero-order valence-electron chi connectivity index (χ0n) is 15.6. The summed E-state index contributed by atoms with van der Waals surface area (Å²) in [6, 6.07) is 15.4. The molecule has 1 N–H and O–H groups in total. The first-order valence-corrected chi connectivity index (χ1v) is 8.46. The summed E-state index contributed by atoms with van der Waals surface area (Å²) in [5.41, 5.74) is 2.47. The Morgan fingerprint density at radius 1 is 1.00 bits per heavy atom. The van der Waals surface area contributed by atoms with Gasteiger partial charge in [-0.25, -0.2) is 0 Å². The Hall–Kier alpha value is -2.49. The average Bonchev–Trinajstić information content (AvgIpc) is 2.59. The van der Waals surface area contributed by atoms with Gasteiger partial charge in [-0.15, -0.1) is 0 Å². The van der Waals surface area contributed by atoms with Crippen molar-refractivity contribution in [2.45, 2.75) is 39.2 Å². The van der Waals surface area contributed by atoms with E-state index < -0.39 is 0 Å². The lowest BCUT2D eigenvalue weighted by Gasteiger charge is -2.20. The molecule has 2 aromatic carbocycles. The number of rotatable bonds is 6. The van der Waals surface area contributed by atoms with Crippen LogP contribution in [0.3, 0.4) is 0 Å². The van der Waals surface area contributed by atoms with E-state index in [-0.39, 0.29) is 24.0 Å². The minimum Gasteiger partial charge on any atom is -0.497 e. The summed E-state index contributed by atoms with van der Waals surface area (Å²) in [6.45, 7) is 8.51. The molecule has 0 bridgehead atoms. The second-order valence-corrected chi connectivity index (χ2v) is 7.13. The van der Waals surface area contributed by atoms with Crippen LogP contribution in [0.5, 0.6) is 11.5 Å². The molecule has 0 aliphatic heterocycles. The lowest BCUT2D eigenvalue weighted by Crippen LogP contribution is -2.31. The number of benzene rings is 2. The molecule has 2 rings (SSSR count). The highest BCUT2D eigenvalue weighted by Crippen LogP contribution is 2.24. The fourth-order valence-electron chi connectivity index (χ4n) is 2.46. The van der Waals surface area contributed by atoms with E-state index in [1.807, 2.05) is 6.92 Å². The Labute approximate surface area is 150 Å². The molecule has 1 atom stereocenters. The molecule has 0 aromatic heterocycles. The van der Waals surface area contributed by atoms with E-state index in [9.17, 15) is 4.79 Å². The van der Waals surface area contributed by atoms with Gasteiger partial charge in [-0.2, -0.15) is 0 Å². The molecule has 134 valence electrons. The first-order chi connectivity index (χ1) is 11.8. The molecule has 0 radical (unpaired) electrons. The number of amides is 1. The fourth-order valence-corrected chi connectivity index (χ4v) is 2.46. The number of carbonyl (C=O) groups excluding carboxylic acids is 1. The van der Waals surface area contributed by atoms with Crippen LogP contribution in [-0.4, -0.2) is 19.6 Å². The number of methoxy groups -OCH3 is 1. The highest BCUT2D eigenvalue weighted by atomic mass is 16.5. The Morgan fingerprint density at radius 3 is 2.08 bits per heavy atom. The lowest BCUT2D eigenvalue weighted by molar-refractivity contribution is -0.123. The van der Waals surface area contributed by atoms with Crippen LogP contribution in [0.25, 0.3) is 0 Å². The molecule has 0 heterocycles. The Kier molecular flexibility index (Phi) is 6.07. The molecule has 0 aliphatic carbocycles. The van der Waals surface area contributed by atoms with Crippen molar-refractivity contribution in [1.29, 1.82) is 0 Å². The van der Waals surface area contributed by atoms with Crippen molar-refractivity contribution >= 4 is 5.91 Å². The monoisotopic (exact) mass is 341 g/mol. The molecule has 0 aliphatic rings. The van der Waals surface area contributed by atoms with Gasteiger partial charge in [-0.1, -0.05) is 45.0 Å². The van der Waals surface area contributed by atoms with Gasteiger partial charge in [0, 0.05) is 0 Å². The van der Waals surface area contributed by atoms with Crippen molar-refractivity contribution in [2.75, 3.05) is 13.7 Å². The van der Waals surface area contributed by atoms with E-state index in [0.29, 0.717) is 5.75 Å². The predicted molar refractivity (Wildman–Crippen MR) is 100 cm³/mol. The van der Waals surface area contributed by atoms with Gasteiger partial charge in [-0.3, -0.25) is 4.79 Å². The lowest BCUT2D eigenvalue weighted by atomic mass is 9.86. The molecule has 0 unspecified atom stereocenters. The maximum Gasteiger partial charge on any atom is 0.258 e. The van der Waals surface area contributed by atoms with Crippen LogP contribution in [0.1, 0.15) is 44.9 Å².